The van der Waals surface area contributed by atoms with Crippen molar-refractivity contribution in [3.8, 4) is 0 Å². The van der Waals surface area contributed by atoms with Gasteiger partial charge >= 0.3 is 0 Å². The lowest BCUT2D eigenvalue weighted by Gasteiger charge is -2.09. The normalized spacial score (nSPS) is 14.7. The second-order valence-corrected chi connectivity index (χ2v) is 4.33. The average Bonchev–Trinajstić information content (AvgIpc) is 2.77. The number of nitrogens with two attached hydrogens (primary N) is 1. The molecule has 1 aliphatic heterocycles. The van der Waals surface area contributed by atoms with Crippen LogP contribution in [0.15, 0.2) is 18.2 Å². The van der Waals surface area contributed by atoms with Crippen molar-refractivity contribution in [2.24, 2.45) is 5.73 Å². The van der Waals surface area contributed by atoms with Crippen LogP contribution in [0.25, 0.3) is 0 Å². The highest BCUT2D eigenvalue weighted by Gasteiger charge is 2.18. The molecule has 0 unspecified atom stereocenters. The van der Waals surface area contributed by atoms with Crippen molar-refractivity contribution in [3.05, 3.63) is 34.9 Å². The minimum Gasteiger partial charge on any atom is -0.351 e. The molecule has 0 aromatic heterocycles. The van der Waals surface area contributed by atoms with Crippen LogP contribution in [0.4, 0.5) is 0 Å². The van der Waals surface area contributed by atoms with Crippen LogP contribution in [0.3, 0.4) is 0 Å². The van der Waals surface area contributed by atoms with E-state index in [9.17, 15) is 4.79 Å². The molecule has 17 heavy (non-hydrogen) atoms. The first-order chi connectivity index (χ1) is 8.24. The Morgan fingerprint density at radius 2 is 2.18 bits per heavy atom. The molecule has 4 heteroatoms. The Bertz CT molecular complexity index is 417. The molecular formula is C13H19N3O. The fourth-order valence-corrected chi connectivity index (χ4v) is 2.12. The number of rotatable bonds is 4. The Balaban J connectivity index is 2.10. The molecule has 0 aliphatic carbocycles. The molecule has 2 rings (SSSR count). The van der Waals surface area contributed by atoms with Gasteiger partial charge in [0.2, 0.25) is 0 Å². The van der Waals surface area contributed by atoms with Crippen LogP contribution < -0.4 is 11.1 Å². The smallest absolute Gasteiger partial charge is 0.251 e. The van der Waals surface area contributed by atoms with Crippen molar-refractivity contribution < 1.29 is 4.79 Å². The molecule has 1 aliphatic rings. The number of carbonyl (C=O) groups is 1. The van der Waals surface area contributed by atoms with Crippen molar-refractivity contribution in [3.63, 3.8) is 0 Å². The zero-order valence-corrected chi connectivity index (χ0v) is 10.2. The van der Waals surface area contributed by atoms with E-state index in [2.05, 4.69) is 23.2 Å². The minimum absolute atomic E-state index is 0.0341. The first kappa shape index (κ1) is 12.1. The first-order valence-corrected chi connectivity index (χ1v) is 6.07. The Morgan fingerprint density at radius 1 is 1.41 bits per heavy atom. The predicted molar refractivity (Wildman–Crippen MR) is 67.6 cm³/mol. The largest absolute Gasteiger partial charge is 0.351 e. The van der Waals surface area contributed by atoms with E-state index in [4.69, 9.17) is 5.73 Å². The zero-order valence-electron chi connectivity index (χ0n) is 10.2. The highest BCUT2D eigenvalue weighted by atomic mass is 16.1. The number of fused-ring (bicyclic) bond motifs is 1. The second-order valence-electron chi connectivity index (χ2n) is 4.33. The number of hydrogen-bond donors (Lipinski definition) is 2. The Labute approximate surface area is 102 Å². The fourth-order valence-electron chi connectivity index (χ4n) is 2.12. The van der Waals surface area contributed by atoms with Crippen LogP contribution in [-0.4, -0.2) is 30.4 Å². The molecule has 1 aromatic rings. The van der Waals surface area contributed by atoms with Crippen molar-refractivity contribution >= 4 is 5.91 Å². The van der Waals surface area contributed by atoms with Gasteiger partial charge in [-0.2, -0.15) is 0 Å². The average molecular weight is 233 g/mol. The van der Waals surface area contributed by atoms with Crippen molar-refractivity contribution in [2.45, 2.75) is 20.0 Å². The molecule has 0 saturated carbocycles. The van der Waals surface area contributed by atoms with Gasteiger partial charge in [-0.1, -0.05) is 13.0 Å². The van der Waals surface area contributed by atoms with Crippen molar-refractivity contribution in [2.75, 3.05) is 19.6 Å². The lowest BCUT2D eigenvalue weighted by Crippen LogP contribution is -2.29. The van der Waals surface area contributed by atoms with Gasteiger partial charge in [0.05, 0.1) is 0 Å². The van der Waals surface area contributed by atoms with Crippen LogP contribution in [0.2, 0.25) is 0 Å². The van der Waals surface area contributed by atoms with E-state index in [0.717, 1.165) is 25.2 Å². The number of nitrogens with zero attached hydrogens (tertiary/aromatic N) is 1. The maximum absolute atomic E-state index is 11.8. The Morgan fingerprint density at radius 3 is 2.88 bits per heavy atom. The molecule has 0 saturated heterocycles. The van der Waals surface area contributed by atoms with E-state index in [1.54, 1.807) is 0 Å². The fraction of sp³-hybridized carbons (Fsp3) is 0.462. The highest BCUT2D eigenvalue weighted by Crippen LogP contribution is 2.23. The van der Waals surface area contributed by atoms with Gasteiger partial charge in [0.1, 0.15) is 0 Å². The van der Waals surface area contributed by atoms with Crippen LogP contribution in [0.1, 0.15) is 28.4 Å². The summed E-state index contributed by atoms with van der Waals surface area (Å²) in [4.78, 5) is 14.1. The van der Waals surface area contributed by atoms with E-state index >= 15 is 0 Å². The minimum atomic E-state index is -0.0341. The van der Waals surface area contributed by atoms with Gasteiger partial charge in [0.15, 0.2) is 0 Å². The van der Waals surface area contributed by atoms with Crippen LogP contribution >= 0.6 is 0 Å². The monoisotopic (exact) mass is 233 g/mol. The van der Waals surface area contributed by atoms with Crippen molar-refractivity contribution in [1.29, 1.82) is 0 Å². The van der Waals surface area contributed by atoms with Gasteiger partial charge in [0.25, 0.3) is 5.91 Å². The van der Waals surface area contributed by atoms with Crippen LogP contribution in [-0.2, 0) is 13.1 Å². The third-order valence-corrected chi connectivity index (χ3v) is 3.13. The third kappa shape index (κ3) is 2.65. The lowest BCUT2D eigenvalue weighted by molar-refractivity contribution is 0.0954. The van der Waals surface area contributed by atoms with E-state index in [0.29, 0.717) is 13.1 Å². The van der Waals surface area contributed by atoms with Gasteiger partial charge in [-0.15, -0.1) is 0 Å². The summed E-state index contributed by atoms with van der Waals surface area (Å²) in [5.41, 5.74) is 8.70. The summed E-state index contributed by atoms with van der Waals surface area (Å²) >= 11 is 0. The number of hydrogen-bond acceptors (Lipinski definition) is 3. The van der Waals surface area contributed by atoms with Gasteiger partial charge in [-0.3, -0.25) is 9.69 Å². The van der Waals surface area contributed by atoms with E-state index < -0.39 is 0 Å². The van der Waals surface area contributed by atoms with E-state index in [1.165, 1.54) is 11.1 Å². The molecule has 0 spiro atoms. The molecule has 1 aromatic carbocycles. The first-order valence-electron chi connectivity index (χ1n) is 6.07. The highest BCUT2D eigenvalue weighted by molar-refractivity contribution is 5.94. The summed E-state index contributed by atoms with van der Waals surface area (Å²) in [6.45, 7) is 6.14. The third-order valence-electron chi connectivity index (χ3n) is 3.13. The van der Waals surface area contributed by atoms with Crippen LogP contribution in [0.5, 0.6) is 0 Å². The van der Waals surface area contributed by atoms with Crippen molar-refractivity contribution in [1.82, 2.24) is 10.2 Å². The molecule has 92 valence electrons. The summed E-state index contributed by atoms with van der Waals surface area (Å²) in [5.74, 6) is -0.0341. The van der Waals surface area contributed by atoms with Gasteiger partial charge in [-0.25, -0.2) is 0 Å². The van der Waals surface area contributed by atoms with Gasteiger partial charge in [0, 0.05) is 31.7 Å². The molecule has 0 bridgehead atoms. The van der Waals surface area contributed by atoms with Gasteiger partial charge in [-0.05, 0) is 29.8 Å². The number of benzene rings is 1. The lowest BCUT2D eigenvalue weighted by atomic mass is 10.1. The summed E-state index contributed by atoms with van der Waals surface area (Å²) in [6, 6.07) is 5.95. The standard InChI is InChI=1S/C13H19N3O/c1-2-16-8-11-4-3-10(7-12(11)9-16)13(17)15-6-5-14/h3-4,7H,2,5-6,8-9,14H2,1H3,(H,15,17). The molecule has 0 radical (unpaired) electrons. The maximum atomic E-state index is 11.8. The van der Waals surface area contributed by atoms with E-state index in [1.807, 2.05) is 12.1 Å². The molecule has 3 N–H and O–H groups in total. The topological polar surface area (TPSA) is 58.4 Å². The number of amides is 1. The summed E-state index contributed by atoms with van der Waals surface area (Å²) < 4.78 is 0. The SMILES string of the molecule is CCN1Cc2ccc(C(=O)NCCN)cc2C1. The zero-order chi connectivity index (χ0) is 12.3. The quantitative estimate of drug-likeness (QED) is 0.805. The summed E-state index contributed by atoms with van der Waals surface area (Å²) in [6.07, 6.45) is 0. The Kier molecular flexibility index (Phi) is 3.76. The van der Waals surface area contributed by atoms with Gasteiger partial charge < -0.3 is 11.1 Å². The summed E-state index contributed by atoms with van der Waals surface area (Å²) in [5, 5.41) is 2.79. The van der Waals surface area contributed by atoms with E-state index in [-0.39, 0.29) is 5.91 Å². The molecule has 4 nitrogen and oxygen atoms in total. The number of nitrogens with one attached hydrogen (secondary N) is 1. The predicted octanol–water partition coefficient (Wildman–Crippen LogP) is 0.711. The molecule has 1 heterocycles. The Hall–Kier alpha value is -1.39. The maximum Gasteiger partial charge on any atom is 0.251 e. The molecule has 1 amide bonds. The number of carbonyl (C=O) groups excluding carboxylic acids is 1. The molecule has 0 atom stereocenters. The molecule has 0 fully saturated rings. The molecular weight excluding hydrogens is 214 g/mol. The summed E-state index contributed by atoms with van der Waals surface area (Å²) in [7, 11) is 0. The second kappa shape index (κ2) is 5.29. The van der Waals surface area contributed by atoms with Crippen LogP contribution in [0, 0.1) is 0 Å².